The minimum atomic E-state index is 0.640. The number of rotatable bonds is 3. The lowest BCUT2D eigenvalue weighted by Gasteiger charge is -2.15. The molecule has 0 radical (unpaired) electrons. The molecule has 0 spiro atoms. The lowest BCUT2D eigenvalue weighted by molar-refractivity contribution is 0.485. The van der Waals surface area contributed by atoms with Gasteiger partial charge in [-0.15, -0.1) is 0 Å². The Labute approximate surface area is 123 Å². The first kappa shape index (κ1) is 13.1. The Morgan fingerprint density at radius 3 is 2.05 bits per heavy atom. The molecule has 3 rings (SSSR count). The Morgan fingerprint density at radius 1 is 0.619 bits per heavy atom. The monoisotopic (exact) mass is 276 g/mol. The second-order valence-corrected chi connectivity index (χ2v) is 4.72. The molecule has 0 aromatic heterocycles. The van der Waals surface area contributed by atoms with Crippen LogP contribution in [0.15, 0.2) is 72.8 Å². The topological polar surface area (TPSA) is 61.3 Å². The summed E-state index contributed by atoms with van der Waals surface area (Å²) in [6.45, 7) is 0. The SMILES string of the molecule is Nc1ccccc1-c1c(N)cccc1Oc1ccccc1. The number of para-hydroxylation sites is 2. The summed E-state index contributed by atoms with van der Waals surface area (Å²) >= 11 is 0. The molecular weight excluding hydrogens is 260 g/mol. The van der Waals surface area contributed by atoms with Crippen LogP contribution in [-0.4, -0.2) is 0 Å². The van der Waals surface area contributed by atoms with Crippen LogP contribution in [0.5, 0.6) is 11.5 Å². The molecule has 4 N–H and O–H groups in total. The van der Waals surface area contributed by atoms with Gasteiger partial charge in [-0.3, -0.25) is 0 Å². The predicted molar refractivity (Wildman–Crippen MR) is 87.2 cm³/mol. The van der Waals surface area contributed by atoms with Gasteiger partial charge in [0.15, 0.2) is 0 Å². The van der Waals surface area contributed by atoms with Crippen molar-refractivity contribution in [1.29, 1.82) is 0 Å². The van der Waals surface area contributed by atoms with Crippen LogP contribution in [0.4, 0.5) is 11.4 Å². The van der Waals surface area contributed by atoms with Crippen molar-refractivity contribution in [2.24, 2.45) is 0 Å². The standard InChI is InChI=1S/C18H16N2O/c19-15-10-5-4-9-14(15)18-16(20)11-6-12-17(18)21-13-7-2-1-3-8-13/h1-12H,19-20H2. The summed E-state index contributed by atoms with van der Waals surface area (Å²) in [5.41, 5.74) is 15.2. The third-order valence-corrected chi connectivity index (χ3v) is 3.26. The molecular formula is C18H16N2O. The number of benzene rings is 3. The van der Waals surface area contributed by atoms with E-state index in [0.717, 1.165) is 16.9 Å². The van der Waals surface area contributed by atoms with Gasteiger partial charge in [0.25, 0.3) is 0 Å². The first-order chi connectivity index (χ1) is 10.3. The van der Waals surface area contributed by atoms with Gasteiger partial charge in [0.05, 0.1) is 0 Å². The number of nitrogen functional groups attached to an aromatic ring is 2. The van der Waals surface area contributed by atoms with Gasteiger partial charge in [-0.2, -0.15) is 0 Å². The Hall–Kier alpha value is -2.94. The van der Waals surface area contributed by atoms with E-state index in [-0.39, 0.29) is 0 Å². The van der Waals surface area contributed by atoms with Crippen molar-refractivity contribution >= 4 is 11.4 Å². The minimum absolute atomic E-state index is 0.640. The summed E-state index contributed by atoms with van der Waals surface area (Å²) in [5.74, 6) is 1.46. The van der Waals surface area contributed by atoms with Crippen molar-refractivity contribution in [2.75, 3.05) is 11.5 Å². The zero-order valence-electron chi connectivity index (χ0n) is 11.5. The van der Waals surface area contributed by atoms with Crippen molar-refractivity contribution in [3.8, 4) is 22.6 Å². The van der Waals surface area contributed by atoms with E-state index >= 15 is 0 Å². The molecule has 0 aliphatic rings. The molecule has 0 amide bonds. The highest BCUT2D eigenvalue weighted by Crippen LogP contribution is 2.40. The summed E-state index contributed by atoms with van der Waals surface area (Å²) in [6, 6.07) is 22.9. The average Bonchev–Trinajstić information content (AvgIpc) is 2.50. The van der Waals surface area contributed by atoms with E-state index < -0.39 is 0 Å². The van der Waals surface area contributed by atoms with E-state index in [1.165, 1.54) is 0 Å². The highest BCUT2D eigenvalue weighted by Gasteiger charge is 2.13. The van der Waals surface area contributed by atoms with Gasteiger partial charge in [-0.05, 0) is 30.3 Å². The van der Waals surface area contributed by atoms with Crippen LogP contribution in [0.1, 0.15) is 0 Å². The minimum Gasteiger partial charge on any atom is -0.457 e. The normalized spacial score (nSPS) is 10.3. The highest BCUT2D eigenvalue weighted by molar-refractivity contribution is 5.88. The van der Waals surface area contributed by atoms with Gasteiger partial charge in [-0.1, -0.05) is 42.5 Å². The van der Waals surface area contributed by atoms with Crippen LogP contribution in [0.25, 0.3) is 11.1 Å². The lowest BCUT2D eigenvalue weighted by atomic mass is 10.0. The fourth-order valence-corrected chi connectivity index (χ4v) is 2.26. The molecule has 3 aromatic rings. The summed E-state index contributed by atoms with van der Waals surface area (Å²) < 4.78 is 5.96. The molecule has 104 valence electrons. The number of hydrogen-bond donors (Lipinski definition) is 2. The molecule has 0 atom stereocenters. The fourth-order valence-electron chi connectivity index (χ4n) is 2.26. The Balaban J connectivity index is 2.10. The second kappa shape index (κ2) is 5.59. The van der Waals surface area contributed by atoms with Crippen LogP contribution in [0.2, 0.25) is 0 Å². The largest absolute Gasteiger partial charge is 0.457 e. The summed E-state index contributed by atoms with van der Waals surface area (Å²) in [4.78, 5) is 0. The van der Waals surface area contributed by atoms with Gasteiger partial charge < -0.3 is 16.2 Å². The Bertz CT molecular complexity index is 754. The predicted octanol–water partition coefficient (Wildman–Crippen LogP) is 4.31. The molecule has 3 heteroatoms. The number of hydrogen-bond acceptors (Lipinski definition) is 3. The molecule has 0 aliphatic heterocycles. The van der Waals surface area contributed by atoms with E-state index in [1.54, 1.807) is 0 Å². The summed E-state index contributed by atoms with van der Waals surface area (Å²) in [5, 5.41) is 0. The van der Waals surface area contributed by atoms with Gasteiger partial charge in [-0.25, -0.2) is 0 Å². The fraction of sp³-hybridized carbons (Fsp3) is 0. The van der Waals surface area contributed by atoms with Crippen molar-refractivity contribution in [3.05, 3.63) is 72.8 Å². The summed E-state index contributed by atoms with van der Waals surface area (Å²) in [7, 11) is 0. The first-order valence-electron chi connectivity index (χ1n) is 6.72. The molecule has 0 saturated heterocycles. The van der Waals surface area contributed by atoms with Crippen molar-refractivity contribution in [1.82, 2.24) is 0 Å². The molecule has 0 saturated carbocycles. The van der Waals surface area contributed by atoms with E-state index in [9.17, 15) is 0 Å². The van der Waals surface area contributed by atoms with Crippen LogP contribution < -0.4 is 16.2 Å². The van der Waals surface area contributed by atoms with Crippen molar-refractivity contribution in [2.45, 2.75) is 0 Å². The maximum atomic E-state index is 6.14. The molecule has 3 aromatic carbocycles. The Kier molecular flexibility index (Phi) is 3.48. The van der Waals surface area contributed by atoms with Crippen LogP contribution in [-0.2, 0) is 0 Å². The van der Waals surface area contributed by atoms with E-state index in [0.29, 0.717) is 17.1 Å². The van der Waals surface area contributed by atoms with Crippen molar-refractivity contribution < 1.29 is 4.74 Å². The van der Waals surface area contributed by atoms with Crippen LogP contribution in [0, 0.1) is 0 Å². The van der Waals surface area contributed by atoms with Crippen LogP contribution in [0.3, 0.4) is 0 Å². The van der Waals surface area contributed by atoms with Crippen LogP contribution >= 0.6 is 0 Å². The number of anilines is 2. The highest BCUT2D eigenvalue weighted by atomic mass is 16.5. The second-order valence-electron chi connectivity index (χ2n) is 4.72. The maximum absolute atomic E-state index is 6.14. The van der Waals surface area contributed by atoms with Crippen molar-refractivity contribution in [3.63, 3.8) is 0 Å². The van der Waals surface area contributed by atoms with Gasteiger partial charge in [0, 0.05) is 22.5 Å². The molecule has 0 bridgehead atoms. The zero-order valence-corrected chi connectivity index (χ0v) is 11.5. The number of ether oxygens (including phenoxy) is 1. The average molecular weight is 276 g/mol. The number of nitrogens with two attached hydrogens (primary N) is 2. The third kappa shape index (κ3) is 2.67. The Morgan fingerprint density at radius 2 is 1.29 bits per heavy atom. The smallest absolute Gasteiger partial charge is 0.137 e. The third-order valence-electron chi connectivity index (χ3n) is 3.26. The molecule has 0 fully saturated rings. The first-order valence-corrected chi connectivity index (χ1v) is 6.72. The van der Waals surface area contributed by atoms with E-state index in [1.807, 2.05) is 72.8 Å². The zero-order chi connectivity index (χ0) is 14.7. The molecule has 21 heavy (non-hydrogen) atoms. The van der Waals surface area contributed by atoms with E-state index in [2.05, 4.69) is 0 Å². The quantitative estimate of drug-likeness (QED) is 0.701. The molecule has 0 unspecified atom stereocenters. The molecule has 3 nitrogen and oxygen atoms in total. The molecule has 0 aliphatic carbocycles. The molecule has 0 heterocycles. The van der Waals surface area contributed by atoms with Gasteiger partial charge >= 0.3 is 0 Å². The lowest BCUT2D eigenvalue weighted by Crippen LogP contribution is -1.97. The van der Waals surface area contributed by atoms with Gasteiger partial charge in [0.1, 0.15) is 11.5 Å². The summed E-state index contributed by atoms with van der Waals surface area (Å²) in [6.07, 6.45) is 0. The van der Waals surface area contributed by atoms with Gasteiger partial charge in [0.2, 0.25) is 0 Å². The maximum Gasteiger partial charge on any atom is 0.137 e. The van der Waals surface area contributed by atoms with E-state index in [4.69, 9.17) is 16.2 Å².